The van der Waals surface area contributed by atoms with Crippen LogP contribution in [0.5, 0.6) is 0 Å². The summed E-state index contributed by atoms with van der Waals surface area (Å²) in [5.41, 5.74) is 0. The van der Waals surface area contributed by atoms with Gasteiger partial charge in [-0.3, -0.25) is 0 Å². The number of aliphatic carboxylic acids is 1. The van der Waals surface area contributed by atoms with Crippen LogP contribution in [0.15, 0.2) is 0 Å². The van der Waals surface area contributed by atoms with Crippen molar-refractivity contribution in [2.75, 3.05) is 6.61 Å². The minimum atomic E-state index is -1.68. The third-order valence-corrected chi connectivity index (χ3v) is 5.59. The van der Waals surface area contributed by atoms with Crippen molar-refractivity contribution >= 4 is 5.97 Å². The molecule has 0 aromatic rings. The Bertz CT molecular complexity index is 418. The van der Waals surface area contributed by atoms with Crippen molar-refractivity contribution in [3.8, 4) is 0 Å². The fraction of sp³-hybridized carbons (Fsp3) is 0.955. The van der Waals surface area contributed by atoms with Gasteiger partial charge in [-0.25, -0.2) is 4.79 Å². The maximum absolute atomic E-state index is 11.0. The van der Waals surface area contributed by atoms with Crippen LogP contribution in [-0.2, 0) is 14.3 Å². The smallest absolute Gasteiger partial charge is 0.335 e. The Kier molecular flexibility index (Phi) is 14.5. The normalized spacial score (nSPS) is 27.2. The van der Waals surface area contributed by atoms with Crippen LogP contribution in [0.4, 0.5) is 0 Å². The maximum Gasteiger partial charge on any atom is 0.335 e. The van der Waals surface area contributed by atoms with Crippen LogP contribution in [0.3, 0.4) is 0 Å². The highest BCUT2D eigenvalue weighted by atomic mass is 16.7. The number of hydrogen-bond donors (Lipinski definition) is 4. The van der Waals surface area contributed by atoms with Gasteiger partial charge in [0.05, 0.1) is 0 Å². The Morgan fingerprint density at radius 3 is 1.62 bits per heavy atom. The Labute approximate surface area is 175 Å². The largest absolute Gasteiger partial charge is 0.479 e. The van der Waals surface area contributed by atoms with E-state index in [4.69, 9.17) is 14.6 Å². The fourth-order valence-corrected chi connectivity index (χ4v) is 3.69. The first-order chi connectivity index (χ1) is 14.0. The highest BCUT2D eigenvalue weighted by molar-refractivity contribution is 5.73. The van der Waals surface area contributed by atoms with Crippen molar-refractivity contribution in [2.24, 2.45) is 0 Å². The first-order valence-corrected chi connectivity index (χ1v) is 11.5. The molecule has 172 valence electrons. The van der Waals surface area contributed by atoms with Crippen molar-refractivity contribution < 1.29 is 34.7 Å². The molecule has 0 radical (unpaired) electrons. The molecule has 0 spiro atoms. The minimum Gasteiger partial charge on any atom is -0.479 e. The molecule has 4 N–H and O–H groups in total. The number of hydrogen-bond acceptors (Lipinski definition) is 6. The quantitative estimate of drug-likeness (QED) is 0.268. The first-order valence-electron chi connectivity index (χ1n) is 11.5. The van der Waals surface area contributed by atoms with E-state index < -0.39 is 36.7 Å². The topological polar surface area (TPSA) is 116 Å². The molecule has 29 heavy (non-hydrogen) atoms. The van der Waals surface area contributed by atoms with Gasteiger partial charge < -0.3 is 29.9 Å². The molecule has 7 nitrogen and oxygen atoms in total. The van der Waals surface area contributed by atoms with Gasteiger partial charge in [-0.2, -0.15) is 0 Å². The molecule has 0 saturated carbocycles. The van der Waals surface area contributed by atoms with Gasteiger partial charge in [0.25, 0.3) is 0 Å². The second-order valence-electron chi connectivity index (χ2n) is 8.20. The lowest BCUT2D eigenvalue weighted by molar-refractivity contribution is -0.294. The number of carboxylic acids is 1. The highest BCUT2D eigenvalue weighted by Crippen LogP contribution is 2.22. The minimum absolute atomic E-state index is 0.314. The average Bonchev–Trinajstić information content (AvgIpc) is 2.70. The number of rotatable bonds is 17. The van der Waals surface area contributed by atoms with Gasteiger partial charge in [0.2, 0.25) is 0 Å². The summed E-state index contributed by atoms with van der Waals surface area (Å²) in [6, 6.07) is 0. The van der Waals surface area contributed by atoms with E-state index in [1.807, 2.05) is 0 Å². The van der Waals surface area contributed by atoms with Crippen LogP contribution in [0.1, 0.15) is 96.8 Å². The van der Waals surface area contributed by atoms with Gasteiger partial charge >= 0.3 is 5.97 Å². The molecular weight excluding hydrogens is 376 g/mol. The van der Waals surface area contributed by atoms with Gasteiger partial charge in [0, 0.05) is 6.61 Å². The van der Waals surface area contributed by atoms with Crippen molar-refractivity contribution in [1.29, 1.82) is 0 Å². The molecule has 0 unspecified atom stereocenters. The van der Waals surface area contributed by atoms with Gasteiger partial charge in [0.15, 0.2) is 12.4 Å². The van der Waals surface area contributed by atoms with E-state index >= 15 is 0 Å². The molecule has 0 aromatic carbocycles. The summed E-state index contributed by atoms with van der Waals surface area (Å²) >= 11 is 0. The van der Waals surface area contributed by atoms with Gasteiger partial charge in [-0.1, -0.05) is 90.4 Å². The average molecular weight is 419 g/mol. The molecule has 1 saturated heterocycles. The summed E-state index contributed by atoms with van der Waals surface area (Å²) in [6.45, 7) is 2.56. The van der Waals surface area contributed by atoms with Crippen LogP contribution < -0.4 is 0 Å². The molecule has 1 heterocycles. The maximum atomic E-state index is 11.0. The Balaban J connectivity index is 1.96. The SMILES string of the molecule is CCCCCCCCCCCCCCCCO[C@H]1O[C@@H](C(=O)O)[C@@H](O)[C@H](O)[C@H]1O. The summed E-state index contributed by atoms with van der Waals surface area (Å²) < 4.78 is 10.5. The molecule has 1 aliphatic rings. The highest BCUT2D eigenvalue weighted by Gasteiger charge is 2.47. The van der Waals surface area contributed by atoms with Crippen LogP contribution in [-0.4, -0.2) is 63.7 Å². The summed E-state index contributed by atoms with van der Waals surface area (Å²) in [7, 11) is 0. The summed E-state index contributed by atoms with van der Waals surface area (Å²) in [6.07, 6.45) is 9.91. The van der Waals surface area contributed by atoms with E-state index in [9.17, 15) is 20.1 Å². The van der Waals surface area contributed by atoms with Crippen molar-refractivity contribution in [1.82, 2.24) is 0 Å². The number of aliphatic hydroxyl groups is 3. The molecule has 7 heteroatoms. The second-order valence-corrected chi connectivity index (χ2v) is 8.20. The number of ether oxygens (including phenoxy) is 2. The molecule has 1 aliphatic heterocycles. The van der Waals surface area contributed by atoms with E-state index in [2.05, 4.69) is 6.92 Å². The molecular formula is C22H42O7. The predicted molar refractivity (Wildman–Crippen MR) is 111 cm³/mol. The number of unbranched alkanes of at least 4 members (excludes halogenated alkanes) is 13. The van der Waals surface area contributed by atoms with E-state index in [0.29, 0.717) is 6.61 Å². The van der Waals surface area contributed by atoms with Crippen LogP contribution >= 0.6 is 0 Å². The summed E-state index contributed by atoms with van der Waals surface area (Å²) in [5, 5.41) is 38.2. The van der Waals surface area contributed by atoms with Gasteiger partial charge in [0.1, 0.15) is 18.3 Å². The fourth-order valence-electron chi connectivity index (χ4n) is 3.69. The lowest BCUT2D eigenvalue weighted by Crippen LogP contribution is -2.60. The van der Waals surface area contributed by atoms with Crippen molar-refractivity contribution in [3.63, 3.8) is 0 Å². The summed E-state index contributed by atoms with van der Waals surface area (Å²) in [4.78, 5) is 11.0. The number of aliphatic hydroxyl groups excluding tert-OH is 3. The van der Waals surface area contributed by atoms with Crippen LogP contribution in [0, 0.1) is 0 Å². The summed E-state index contributed by atoms with van der Waals surface area (Å²) in [5.74, 6) is -1.39. The standard InChI is InChI=1S/C22H42O7/c1-2-3-4-5-6-7-8-9-10-11-12-13-14-15-16-28-22-19(25)17(23)18(24)20(29-22)21(26)27/h17-20,22-25H,2-16H2,1H3,(H,26,27)/t17-,18-,19+,20+,22-/m0/s1. The number of carboxylic acid groups (broad SMARTS) is 1. The van der Waals surface area contributed by atoms with Gasteiger partial charge in [-0.15, -0.1) is 0 Å². The Morgan fingerprint density at radius 1 is 0.724 bits per heavy atom. The molecule has 1 fully saturated rings. The molecule has 1 rings (SSSR count). The lowest BCUT2D eigenvalue weighted by atomic mass is 9.99. The lowest BCUT2D eigenvalue weighted by Gasteiger charge is -2.38. The zero-order valence-corrected chi connectivity index (χ0v) is 18.0. The van der Waals surface area contributed by atoms with E-state index in [0.717, 1.165) is 19.3 Å². The number of carbonyl (C=O) groups is 1. The van der Waals surface area contributed by atoms with Crippen LogP contribution in [0.2, 0.25) is 0 Å². The van der Waals surface area contributed by atoms with Crippen molar-refractivity contribution in [3.05, 3.63) is 0 Å². The zero-order valence-electron chi connectivity index (χ0n) is 18.0. The van der Waals surface area contributed by atoms with Gasteiger partial charge in [-0.05, 0) is 6.42 Å². The van der Waals surface area contributed by atoms with Crippen molar-refractivity contribution in [2.45, 2.75) is 128 Å². The van der Waals surface area contributed by atoms with E-state index in [1.165, 1.54) is 70.6 Å². The van der Waals surface area contributed by atoms with Crippen LogP contribution in [0.25, 0.3) is 0 Å². The molecule has 0 aliphatic carbocycles. The van der Waals surface area contributed by atoms with E-state index in [-0.39, 0.29) is 0 Å². The third kappa shape index (κ3) is 10.7. The molecule has 0 amide bonds. The third-order valence-electron chi connectivity index (χ3n) is 5.59. The first kappa shape index (κ1) is 26.3. The Hall–Kier alpha value is -0.730. The Morgan fingerprint density at radius 2 is 1.17 bits per heavy atom. The van der Waals surface area contributed by atoms with E-state index in [1.54, 1.807) is 0 Å². The monoisotopic (exact) mass is 418 g/mol. The zero-order chi connectivity index (χ0) is 21.5. The molecule has 0 bridgehead atoms. The second kappa shape index (κ2) is 16.0. The predicted octanol–water partition coefficient (Wildman–Crippen LogP) is 3.38. The molecule has 5 atom stereocenters. The molecule has 0 aromatic heterocycles.